The van der Waals surface area contributed by atoms with Gasteiger partial charge in [-0.05, 0) is 42.8 Å². The molecule has 2 aromatic rings. The molecule has 0 aliphatic carbocycles. The van der Waals surface area contributed by atoms with Crippen molar-refractivity contribution in [2.45, 2.75) is 31.0 Å². The Kier molecular flexibility index (Phi) is 6.46. The van der Waals surface area contributed by atoms with Gasteiger partial charge in [-0.3, -0.25) is 12.6 Å². The van der Waals surface area contributed by atoms with Crippen LogP contribution in [0.25, 0.3) is 0 Å². The number of hydrogen-bond donors (Lipinski definition) is 1. The lowest BCUT2D eigenvalue weighted by molar-refractivity contribution is -0.138. The first-order valence-electron chi connectivity index (χ1n) is 9.38. The van der Waals surface area contributed by atoms with Crippen molar-refractivity contribution in [3.8, 4) is 11.5 Å². The molecule has 4 unspecified atom stereocenters. The van der Waals surface area contributed by atoms with Gasteiger partial charge >= 0.3 is 23.7 Å². The highest BCUT2D eigenvalue weighted by molar-refractivity contribution is 7.85. The zero-order chi connectivity index (χ0) is 24.0. The predicted molar refractivity (Wildman–Crippen MR) is 107 cm³/mol. The fourth-order valence-corrected chi connectivity index (χ4v) is 5.53. The van der Waals surface area contributed by atoms with Crippen LogP contribution in [-0.2, 0) is 42.9 Å². The highest BCUT2D eigenvalue weighted by atomic mass is 32.2. The predicted octanol–water partition coefficient (Wildman–Crippen LogP) is 5.08. The Labute approximate surface area is 188 Å². The molecule has 0 amide bonds. The van der Waals surface area contributed by atoms with E-state index < -0.39 is 45.6 Å². The van der Waals surface area contributed by atoms with Crippen molar-refractivity contribution in [1.82, 2.24) is 0 Å². The van der Waals surface area contributed by atoms with E-state index in [1.807, 2.05) is 0 Å². The molecule has 0 spiro atoms. The summed E-state index contributed by atoms with van der Waals surface area (Å²) in [5.41, 5.74) is -1.38. The van der Waals surface area contributed by atoms with Crippen molar-refractivity contribution in [3.05, 3.63) is 47.5 Å². The topological polar surface area (TPSA) is 73.9 Å². The molecule has 4 atom stereocenters. The zero-order valence-electron chi connectivity index (χ0n) is 16.4. The third kappa shape index (κ3) is 5.50. The van der Waals surface area contributed by atoms with E-state index in [1.165, 1.54) is 12.1 Å². The largest absolute Gasteiger partial charge is 0.453 e. The smallest absolute Gasteiger partial charge is 0.416 e. The Balaban J connectivity index is 0.000000196. The quantitative estimate of drug-likeness (QED) is 0.422. The van der Waals surface area contributed by atoms with E-state index in [0.717, 1.165) is 24.3 Å². The van der Waals surface area contributed by atoms with Crippen molar-refractivity contribution in [1.29, 1.82) is 0 Å². The summed E-state index contributed by atoms with van der Waals surface area (Å²) in [6, 6.07) is 5.54. The summed E-state index contributed by atoms with van der Waals surface area (Å²) in [6.07, 6.45) is -8.72. The number of ether oxygens (including phenoxy) is 1. The molecule has 2 fully saturated rings. The number of benzene rings is 2. The lowest BCUT2D eigenvalue weighted by Crippen LogP contribution is -2.35. The molecule has 0 saturated carbocycles. The molecule has 180 valence electrons. The monoisotopic (exact) mass is 515 g/mol. The van der Waals surface area contributed by atoms with Gasteiger partial charge in [-0.15, -0.1) is 0 Å². The fourth-order valence-electron chi connectivity index (χ4n) is 3.27. The van der Waals surface area contributed by atoms with E-state index in [-0.39, 0.29) is 35.1 Å². The summed E-state index contributed by atoms with van der Waals surface area (Å²) in [5, 5.41) is 2.74. The summed E-state index contributed by atoms with van der Waals surface area (Å²) < 4.78 is 113. The molecule has 0 radical (unpaired) electrons. The van der Waals surface area contributed by atoms with Crippen molar-refractivity contribution >= 4 is 33.5 Å². The Hall–Kier alpha value is -2.16. The lowest BCUT2D eigenvalue weighted by Gasteiger charge is -2.23. The number of hydrogen-bond acceptors (Lipinski definition) is 6. The van der Waals surface area contributed by atoms with Gasteiger partial charge in [-0.1, -0.05) is 0 Å². The van der Waals surface area contributed by atoms with E-state index in [2.05, 4.69) is 5.32 Å². The van der Waals surface area contributed by atoms with Crippen LogP contribution in [0, 0.1) is 0 Å². The van der Waals surface area contributed by atoms with Gasteiger partial charge in [0.2, 0.25) is 0 Å². The second-order valence-corrected chi connectivity index (χ2v) is 9.63. The number of alkyl halides is 6. The molecule has 2 aromatic carbocycles. The van der Waals surface area contributed by atoms with Crippen LogP contribution in [0.15, 0.2) is 36.4 Å². The number of rotatable bonds is 0. The van der Waals surface area contributed by atoms with Crippen LogP contribution in [-0.4, -0.2) is 32.1 Å². The summed E-state index contributed by atoms with van der Waals surface area (Å²) in [7, 11) is -0.805. The third-order valence-corrected chi connectivity index (χ3v) is 7.11. The van der Waals surface area contributed by atoms with Crippen molar-refractivity contribution < 1.29 is 47.9 Å². The molecule has 5 rings (SSSR count). The van der Waals surface area contributed by atoms with E-state index in [4.69, 9.17) is 13.1 Å². The van der Waals surface area contributed by atoms with Crippen LogP contribution < -0.4 is 10.1 Å². The Morgan fingerprint density at radius 1 is 0.818 bits per heavy atom. The maximum Gasteiger partial charge on any atom is 0.416 e. The molecule has 2 saturated heterocycles. The van der Waals surface area contributed by atoms with Crippen molar-refractivity contribution in [2.75, 3.05) is 16.8 Å². The second-order valence-electron chi connectivity index (χ2n) is 7.22. The summed E-state index contributed by atoms with van der Waals surface area (Å²) in [6.45, 7) is 0. The van der Waals surface area contributed by atoms with Crippen LogP contribution in [0.3, 0.4) is 0 Å². The first kappa shape index (κ1) is 24.0. The summed E-state index contributed by atoms with van der Waals surface area (Å²) in [4.78, 5) is 0. The molecular weight excluding hydrogens is 500 g/mol. The standard InChI is InChI=1S/C14H7F6NO.C5H8O4S2/c15-13(16,17)7-1-3-9-11(5-7)22-12-6-8(14(18,19)20)2-4-10(12)21-9;6-10-2-1-4-5(3-10)9-11(7)8-4/h1-6,21H;4-5H,1-3H2. The Morgan fingerprint density at radius 2 is 1.33 bits per heavy atom. The van der Waals surface area contributed by atoms with Gasteiger partial charge in [-0.2, -0.15) is 30.6 Å². The van der Waals surface area contributed by atoms with E-state index in [0.29, 0.717) is 17.9 Å². The van der Waals surface area contributed by atoms with Crippen LogP contribution in [0.5, 0.6) is 11.5 Å². The third-order valence-electron chi connectivity index (χ3n) is 4.91. The minimum absolute atomic E-state index is 0.0893. The van der Waals surface area contributed by atoms with Gasteiger partial charge < -0.3 is 10.1 Å². The molecule has 6 nitrogen and oxygen atoms in total. The highest BCUT2D eigenvalue weighted by Crippen LogP contribution is 2.46. The zero-order valence-corrected chi connectivity index (χ0v) is 18.0. The fraction of sp³-hybridized carbons (Fsp3) is 0.368. The number of nitrogens with one attached hydrogen (secondary N) is 1. The maximum absolute atomic E-state index is 12.6. The van der Waals surface area contributed by atoms with E-state index in [9.17, 15) is 34.8 Å². The van der Waals surface area contributed by atoms with Gasteiger partial charge in [0.05, 0.1) is 28.3 Å². The maximum atomic E-state index is 12.6. The summed E-state index contributed by atoms with van der Waals surface area (Å²) in [5.74, 6) is 0.751. The molecule has 33 heavy (non-hydrogen) atoms. The van der Waals surface area contributed by atoms with E-state index in [1.54, 1.807) is 0 Å². The average Bonchev–Trinajstić information content (AvgIpc) is 3.09. The molecule has 14 heteroatoms. The summed E-state index contributed by atoms with van der Waals surface area (Å²) >= 11 is -1.59. The highest BCUT2D eigenvalue weighted by Gasteiger charge is 2.39. The minimum atomic E-state index is -4.56. The van der Waals surface area contributed by atoms with Crippen LogP contribution in [0.4, 0.5) is 37.7 Å². The minimum Gasteiger partial charge on any atom is -0.453 e. The molecular formula is C19H15F6NO5S2. The SMILES string of the molecule is FC(F)(F)c1ccc2c(c1)Oc1cc(C(F)(F)F)ccc1N2.O=S1CCC2OS(=O)OC2C1. The molecule has 3 aliphatic heterocycles. The Morgan fingerprint density at radius 3 is 1.85 bits per heavy atom. The molecule has 1 N–H and O–H groups in total. The number of fused-ring (bicyclic) bond motifs is 3. The van der Waals surface area contributed by atoms with Crippen LogP contribution >= 0.6 is 0 Å². The number of halogens is 6. The van der Waals surface area contributed by atoms with Gasteiger partial charge in [0.25, 0.3) is 0 Å². The lowest BCUT2D eigenvalue weighted by atomic mass is 10.1. The molecule has 3 aliphatic rings. The van der Waals surface area contributed by atoms with Crippen LogP contribution in [0.2, 0.25) is 0 Å². The van der Waals surface area contributed by atoms with Crippen molar-refractivity contribution in [3.63, 3.8) is 0 Å². The molecule has 0 bridgehead atoms. The molecule has 3 heterocycles. The van der Waals surface area contributed by atoms with Crippen molar-refractivity contribution in [2.24, 2.45) is 0 Å². The Bertz CT molecular complexity index is 1040. The van der Waals surface area contributed by atoms with Gasteiger partial charge in [0, 0.05) is 16.6 Å². The average molecular weight is 515 g/mol. The van der Waals surface area contributed by atoms with E-state index >= 15 is 0 Å². The normalized spacial score (nSPS) is 26.0. The van der Waals surface area contributed by atoms with Gasteiger partial charge in [-0.25, -0.2) is 0 Å². The van der Waals surface area contributed by atoms with Gasteiger partial charge in [0.15, 0.2) is 11.5 Å². The first-order chi connectivity index (χ1) is 15.4. The number of anilines is 2. The molecule has 0 aromatic heterocycles. The van der Waals surface area contributed by atoms with Crippen LogP contribution in [0.1, 0.15) is 17.5 Å². The second kappa shape index (κ2) is 8.89. The first-order valence-corrected chi connectivity index (χ1v) is 11.9. The van der Waals surface area contributed by atoms with Gasteiger partial charge in [0.1, 0.15) is 12.2 Å².